The number of rotatable bonds is 4. The molecule has 0 bridgehead atoms. The summed E-state index contributed by atoms with van der Waals surface area (Å²) in [5, 5.41) is 15.0. The first-order valence-electron chi connectivity index (χ1n) is 6.32. The summed E-state index contributed by atoms with van der Waals surface area (Å²) in [6.45, 7) is 2.68. The predicted molar refractivity (Wildman–Crippen MR) is 62.5 cm³/mol. The van der Waals surface area contributed by atoms with Crippen molar-refractivity contribution in [2.75, 3.05) is 6.54 Å². The summed E-state index contributed by atoms with van der Waals surface area (Å²) in [5.41, 5.74) is -0.596. The summed E-state index contributed by atoms with van der Waals surface area (Å²) in [7, 11) is 0. The molecule has 3 N–H and O–H groups in total. The summed E-state index contributed by atoms with van der Waals surface area (Å²) in [6, 6.07) is -0.706. The number of nitrogens with one attached hydrogen (secondary N) is 2. The molecule has 1 aliphatic heterocycles. The van der Waals surface area contributed by atoms with Gasteiger partial charge in [0.15, 0.2) is 0 Å². The van der Waals surface area contributed by atoms with Crippen molar-refractivity contribution in [2.45, 2.75) is 50.6 Å². The molecule has 2 aliphatic rings. The topological polar surface area (TPSA) is 78.4 Å². The molecule has 0 spiro atoms. The third-order valence-corrected chi connectivity index (χ3v) is 3.77. The van der Waals surface area contributed by atoms with Gasteiger partial charge in [-0.2, -0.15) is 0 Å². The van der Waals surface area contributed by atoms with Crippen molar-refractivity contribution in [2.24, 2.45) is 5.92 Å². The van der Waals surface area contributed by atoms with Crippen molar-refractivity contribution in [1.29, 1.82) is 0 Å². The zero-order valence-electron chi connectivity index (χ0n) is 10.2. The molecule has 2 fully saturated rings. The Hall–Kier alpha value is -1.10. The van der Waals surface area contributed by atoms with E-state index in [9.17, 15) is 9.59 Å². The molecule has 96 valence electrons. The number of hydrogen-bond donors (Lipinski definition) is 3. The molecule has 5 heteroatoms. The van der Waals surface area contributed by atoms with Crippen LogP contribution >= 0.6 is 0 Å². The molecule has 2 rings (SSSR count). The molecule has 0 aromatic carbocycles. The summed E-state index contributed by atoms with van der Waals surface area (Å²) < 4.78 is 0. The highest BCUT2D eigenvalue weighted by Gasteiger charge is 2.41. The molecule has 17 heavy (non-hydrogen) atoms. The van der Waals surface area contributed by atoms with Crippen LogP contribution in [-0.2, 0) is 9.59 Å². The van der Waals surface area contributed by atoms with Crippen molar-refractivity contribution in [3.05, 3.63) is 0 Å². The van der Waals surface area contributed by atoms with E-state index in [1.807, 2.05) is 6.92 Å². The Balaban J connectivity index is 1.96. The number of carbonyl (C=O) groups excluding carboxylic acids is 1. The van der Waals surface area contributed by atoms with E-state index < -0.39 is 17.6 Å². The molecular weight excluding hydrogens is 220 g/mol. The molecule has 2 atom stereocenters. The molecule has 1 saturated carbocycles. The van der Waals surface area contributed by atoms with Gasteiger partial charge in [0.05, 0.1) is 5.54 Å². The normalized spacial score (nSPS) is 30.6. The second-order valence-electron chi connectivity index (χ2n) is 5.34. The van der Waals surface area contributed by atoms with Gasteiger partial charge in [0.1, 0.15) is 6.04 Å². The Kier molecular flexibility index (Phi) is 3.38. The smallest absolute Gasteiger partial charge is 0.326 e. The highest BCUT2D eigenvalue weighted by Crippen LogP contribution is 2.33. The van der Waals surface area contributed by atoms with Crippen molar-refractivity contribution in [3.63, 3.8) is 0 Å². The van der Waals surface area contributed by atoms with Crippen LogP contribution in [0.3, 0.4) is 0 Å². The first-order valence-corrected chi connectivity index (χ1v) is 6.32. The van der Waals surface area contributed by atoms with Crippen molar-refractivity contribution in [3.8, 4) is 0 Å². The number of hydrogen-bond acceptors (Lipinski definition) is 3. The van der Waals surface area contributed by atoms with Crippen LogP contribution in [0, 0.1) is 5.92 Å². The number of aliphatic carboxylic acids is 1. The van der Waals surface area contributed by atoms with E-state index in [-0.39, 0.29) is 11.8 Å². The Labute approximate surface area is 101 Å². The van der Waals surface area contributed by atoms with E-state index >= 15 is 0 Å². The van der Waals surface area contributed by atoms with Crippen LogP contribution in [0.1, 0.15) is 39.0 Å². The highest BCUT2D eigenvalue weighted by atomic mass is 16.4. The molecule has 0 aromatic rings. The lowest BCUT2D eigenvalue weighted by Gasteiger charge is -2.34. The van der Waals surface area contributed by atoms with Gasteiger partial charge in [0, 0.05) is 0 Å². The largest absolute Gasteiger partial charge is 0.480 e. The average Bonchev–Trinajstić information content (AvgIpc) is 3.10. The lowest BCUT2D eigenvalue weighted by Crippen LogP contribution is -2.60. The molecular formula is C12H20N2O3. The quantitative estimate of drug-likeness (QED) is 0.668. The molecule has 1 amide bonds. The first kappa shape index (κ1) is 12.4. The SMILES string of the molecule is CC1(C(=O)NC(C(=O)O)C2CC2)CCCCN1. The van der Waals surface area contributed by atoms with Crippen LogP contribution in [0.4, 0.5) is 0 Å². The van der Waals surface area contributed by atoms with E-state index in [0.717, 1.165) is 38.6 Å². The second-order valence-corrected chi connectivity index (χ2v) is 5.34. The van der Waals surface area contributed by atoms with Gasteiger partial charge in [0.25, 0.3) is 0 Å². The number of carbonyl (C=O) groups is 2. The standard InChI is InChI=1S/C12H20N2O3/c1-12(6-2-3-7-13-12)11(17)14-9(10(15)16)8-4-5-8/h8-9,13H,2-7H2,1H3,(H,14,17)(H,15,16). The number of amides is 1. The third-order valence-electron chi connectivity index (χ3n) is 3.77. The monoisotopic (exact) mass is 240 g/mol. The van der Waals surface area contributed by atoms with E-state index in [2.05, 4.69) is 10.6 Å². The van der Waals surface area contributed by atoms with Gasteiger partial charge in [-0.3, -0.25) is 4.79 Å². The number of piperidine rings is 1. The van der Waals surface area contributed by atoms with Crippen LogP contribution in [-0.4, -0.2) is 35.1 Å². The minimum absolute atomic E-state index is 0.128. The molecule has 0 aromatic heterocycles. The lowest BCUT2D eigenvalue weighted by atomic mass is 9.89. The van der Waals surface area contributed by atoms with Crippen molar-refractivity contribution < 1.29 is 14.7 Å². The highest BCUT2D eigenvalue weighted by molar-refractivity contribution is 5.90. The third kappa shape index (κ3) is 2.77. The Bertz CT molecular complexity index is 320. The maximum atomic E-state index is 12.1. The Morgan fingerprint density at radius 3 is 2.59 bits per heavy atom. The van der Waals surface area contributed by atoms with Crippen LogP contribution in [0.25, 0.3) is 0 Å². The van der Waals surface area contributed by atoms with Crippen LogP contribution in [0.2, 0.25) is 0 Å². The summed E-state index contributed by atoms with van der Waals surface area (Å²) in [6.07, 6.45) is 4.67. The minimum Gasteiger partial charge on any atom is -0.480 e. The van der Waals surface area contributed by atoms with Crippen LogP contribution < -0.4 is 10.6 Å². The molecule has 5 nitrogen and oxygen atoms in total. The van der Waals surface area contributed by atoms with E-state index in [1.165, 1.54) is 0 Å². The fourth-order valence-corrected chi connectivity index (χ4v) is 2.36. The van der Waals surface area contributed by atoms with E-state index in [1.54, 1.807) is 0 Å². The fourth-order valence-electron chi connectivity index (χ4n) is 2.36. The molecule has 1 heterocycles. The summed E-state index contributed by atoms with van der Waals surface area (Å²) in [4.78, 5) is 23.2. The van der Waals surface area contributed by atoms with Gasteiger partial charge in [-0.25, -0.2) is 4.79 Å². The molecule has 1 saturated heterocycles. The van der Waals surface area contributed by atoms with Gasteiger partial charge in [0.2, 0.25) is 5.91 Å². The van der Waals surface area contributed by atoms with Gasteiger partial charge in [-0.15, -0.1) is 0 Å². The van der Waals surface area contributed by atoms with Crippen molar-refractivity contribution in [1.82, 2.24) is 10.6 Å². The zero-order chi connectivity index (χ0) is 12.5. The summed E-state index contributed by atoms with van der Waals surface area (Å²) in [5.74, 6) is -0.958. The van der Waals surface area contributed by atoms with E-state index in [0.29, 0.717) is 0 Å². The Morgan fingerprint density at radius 2 is 2.12 bits per heavy atom. The average molecular weight is 240 g/mol. The molecule has 2 unspecified atom stereocenters. The second kappa shape index (κ2) is 4.64. The lowest BCUT2D eigenvalue weighted by molar-refractivity contribution is -0.143. The van der Waals surface area contributed by atoms with Crippen LogP contribution in [0.5, 0.6) is 0 Å². The first-order chi connectivity index (χ1) is 8.03. The maximum Gasteiger partial charge on any atom is 0.326 e. The van der Waals surface area contributed by atoms with Gasteiger partial charge in [-0.1, -0.05) is 0 Å². The zero-order valence-corrected chi connectivity index (χ0v) is 10.2. The fraction of sp³-hybridized carbons (Fsp3) is 0.833. The number of carboxylic acids is 1. The maximum absolute atomic E-state index is 12.1. The predicted octanol–water partition coefficient (Wildman–Crippen LogP) is 0.498. The van der Waals surface area contributed by atoms with Crippen LogP contribution in [0.15, 0.2) is 0 Å². The van der Waals surface area contributed by atoms with E-state index in [4.69, 9.17) is 5.11 Å². The van der Waals surface area contributed by atoms with Gasteiger partial charge in [-0.05, 0) is 51.5 Å². The Morgan fingerprint density at radius 1 is 1.41 bits per heavy atom. The summed E-state index contributed by atoms with van der Waals surface area (Å²) >= 11 is 0. The van der Waals surface area contributed by atoms with Crippen molar-refractivity contribution >= 4 is 11.9 Å². The molecule has 1 aliphatic carbocycles. The molecule has 0 radical (unpaired) electrons. The van der Waals surface area contributed by atoms with Gasteiger partial charge >= 0.3 is 5.97 Å². The van der Waals surface area contributed by atoms with Gasteiger partial charge < -0.3 is 15.7 Å². The minimum atomic E-state index is -0.916. The number of carboxylic acid groups (broad SMARTS) is 1.